The lowest BCUT2D eigenvalue weighted by atomic mass is 9.96. The van der Waals surface area contributed by atoms with Crippen LogP contribution in [-0.2, 0) is 9.59 Å². The highest BCUT2D eigenvalue weighted by molar-refractivity contribution is 6.00. The van der Waals surface area contributed by atoms with Crippen LogP contribution in [0, 0.1) is 0 Å². The maximum Gasteiger partial charge on any atom is 0.262 e. The highest BCUT2D eigenvalue weighted by Gasteiger charge is 2.27. The fourth-order valence-corrected chi connectivity index (χ4v) is 2.07. The van der Waals surface area contributed by atoms with E-state index < -0.39 is 5.54 Å². The summed E-state index contributed by atoms with van der Waals surface area (Å²) in [5.41, 5.74) is 6.19. The van der Waals surface area contributed by atoms with E-state index in [1.165, 1.54) is 0 Å². The number of anilines is 2. The van der Waals surface area contributed by atoms with Gasteiger partial charge in [0.2, 0.25) is 5.91 Å². The van der Waals surface area contributed by atoms with Gasteiger partial charge in [-0.25, -0.2) is 0 Å². The SMILES string of the molecule is CCCC(C)(N)C(=O)Nc1ccc2c(c1)NC(=O)CO2. The van der Waals surface area contributed by atoms with Gasteiger partial charge in [-0.15, -0.1) is 0 Å². The average Bonchev–Trinajstić information content (AvgIpc) is 2.38. The molecule has 0 aromatic heterocycles. The van der Waals surface area contributed by atoms with Crippen molar-refractivity contribution in [1.29, 1.82) is 0 Å². The van der Waals surface area contributed by atoms with Gasteiger partial charge in [0.05, 0.1) is 11.2 Å². The molecular formula is C14H19N3O3. The molecule has 108 valence electrons. The number of ether oxygens (including phenoxy) is 1. The smallest absolute Gasteiger partial charge is 0.262 e. The number of amides is 2. The van der Waals surface area contributed by atoms with Gasteiger partial charge in [-0.1, -0.05) is 13.3 Å². The fourth-order valence-electron chi connectivity index (χ4n) is 2.07. The molecule has 0 spiro atoms. The van der Waals surface area contributed by atoms with Gasteiger partial charge in [0.15, 0.2) is 6.61 Å². The zero-order valence-electron chi connectivity index (χ0n) is 11.7. The predicted octanol–water partition coefficient (Wildman–Crippen LogP) is 1.47. The molecule has 1 aliphatic heterocycles. The summed E-state index contributed by atoms with van der Waals surface area (Å²) in [6.07, 6.45) is 1.43. The molecule has 0 radical (unpaired) electrons. The molecule has 1 heterocycles. The van der Waals surface area contributed by atoms with Gasteiger partial charge in [-0.3, -0.25) is 9.59 Å². The Morgan fingerprint density at radius 3 is 3.00 bits per heavy atom. The number of benzene rings is 1. The van der Waals surface area contributed by atoms with E-state index in [2.05, 4.69) is 10.6 Å². The summed E-state index contributed by atoms with van der Waals surface area (Å²) in [5.74, 6) is 0.129. The Hall–Kier alpha value is -2.08. The van der Waals surface area contributed by atoms with Gasteiger partial charge >= 0.3 is 0 Å². The third-order valence-corrected chi connectivity index (χ3v) is 3.16. The second-order valence-electron chi connectivity index (χ2n) is 5.17. The molecule has 1 unspecified atom stereocenters. The van der Waals surface area contributed by atoms with Crippen LogP contribution in [-0.4, -0.2) is 24.0 Å². The van der Waals surface area contributed by atoms with Gasteiger partial charge in [0, 0.05) is 5.69 Å². The summed E-state index contributed by atoms with van der Waals surface area (Å²) in [6.45, 7) is 3.69. The van der Waals surface area contributed by atoms with Crippen LogP contribution < -0.4 is 21.1 Å². The third kappa shape index (κ3) is 3.08. The second-order valence-corrected chi connectivity index (χ2v) is 5.17. The van der Waals surface area contributed by atoms with Crippen LogP contribution in [0.2, 0.25) is 0 Å². The summed E-state index contributed by atoms with van der Waals surface area (Å²) in [6, 6.07) is 5.08. The van der Waals surface area contributed by atoms with Crippen molar-refractivity contribution >= 4 is 23.2 Å². The Morgan fingerprint density at radius 1 is 1.55 bits per heavy atom. The molecule has 0 bridgehead atoms. The summed E-state index contributed by atoms with van der Waals surface area (Å²) < 4.78 is 5.25. The summed E-state index contributed by atoms with van der Waals surface area (Å²) in [4.78, 5) is 23.4. The maximum atomic E-state index is 12.1. The van der Waals surface area contributed by atoms with E-state index in [4.69, 9.17) is 10.5 Å². The first-order chi connectivity index (χ1) is 9.42. The van der Waals surface area contributed by atoms with E-state index in [1.807, 2.05) is 6.92 Å². The molecular weight excluding hydrogens is 258 g/mol. The van der Waals surface area contributed by atoms with Crippen LogP contribution in [0.25, 0.3) is 0 Å². The third-order valence-electron chi connectivity index (χ3n) is 3.16. The summed E-state index contributed by atoms with van der Waals surface area (Å²) >= 11 is 0. The molecule has 1 aliphatic rings. The Bertz CT molecular complexity index is 540. The van der Waals surface area contributed by atoms with Gasteiger partial charge in [-0.2, -0.15) is 0 Å². The predicted molar refractivity (Wildman–Crippen MR) is 76.7 cm³/mol. The number of rotatable bonds is 4. The quantitative estimate of drug-likeness (QED) is 0.777. The molecule has 0 aliphatic carbocycles. The van der Waals surface area contributed by atoms with Crippen molar-refractivity contribution in [2.45, 2.75) is 32.2 Å². The van der Waals surface area contributed by atoms with E-state index in [0.29, 0.717) is 23.5 Å². The van der Waals surface area contributed by atoms with E-state index >= 15 is 0 Å². The number of carbonyl (C=O) groups is 2. The molecule has 6 nitrogen and oxygen atoms in total. The van der Waals surface area contributed by atoms with Crippen LogP contribution in [0.1, 0.15) is 26.7 Å². The number of nitrogens with two attached hydrogens (primary N) is 1. The Labute approximate surface area is 117 Å². The van der Waals surface area contributed by atoms with Gasteiger partial charge < -0.3 is 21.1 Å². The number of hydrogen-bond acceptors (Lipinski definition) is 4. The second kappa shape index (κ2) is 5.50. The highest BCUT2D eigenvalue weighted by atomic mass is 16.5. The maximum absolute atomic E-state index is 12.1. The monoisotopic (exact) mass is 277 g/mol. The lowest BCUT2D eigenvalue weighted by molar-refractivity contribution is -0.121. The molecule has 0 fully saturated rings. The lowest BCUT2D eigenvalue weighted by Crippen LogP contribution is -2.48. The highest BCUT2D eigenvalue weighted by Crippen LogP contribution is 2.30. The summed E-state index contributed by atoms with van der Waals surface area (Å²) in [7, 11) is 0. The minimum atomic E-state index is -0.912. The summed E-state index contributed by atoms with van der Waals surface area (Å²) in [5, 5.41) is 5.45. The van der Waals surface area contributed by atoms with E-state index in [0.717, 1.165) is 6.42 Å². The van der Waals surface area contributed by atoms with Crippen molar-refractivity contribution in [3.05, 3.63) is 18.2 Å². The lowest BCUT2D eigenvalue weighted by Gasteiger charge is -2.24. The molecule has 2 rings (SSSR count). The van der Waals surface area contributed by atoms with Crippen molar-refractivity contribution in [2.75, 3.05) is 17.2 Å². The van der Waals surface area contributed by atoms with Crippen molar-refractivity contribution in [3.63, 3.8) is 0 Å². The van der Waals surface area contributed by atoms with Gasteiger partial charge in [-0.05, 0) is 31.5 Å². The zero-order chi connectivity index (χ0) is 14.8. The zero-order valence-corrected chi connectivity index (χ0v) is 11.7. The van der Waals surface area contributed by atoms with Crippen LogP contribution >= 0.6 is 0 Å². The van der Waals surface area contributed by atoms with Crippen LogP contribution in [0.3, 0.4) is 0 Å². The van der Waals surface area contributed by atoms with Crippen LogP contribution in [0.15, 0.2) is 18.2 Å². The molecule has 0 saturated carbocycles. The topological polar surface area (TPSA) is 93.5 Å². The first kappa shape index (κ1) is 14.3. The van der Waals surface area contributed by atoms with E-state index in [9.17, 15) is 9.59 Å². The largest absolute Gasteiger partial charge is 0.482 e. The normalized spacial score (nSPS) is 16.4. The first-order valence-electron chi connectivity index (χ1n) is 6.59. The van der Waals surface area contributed by atoms with Gasteiger partial charge in [0.1, 0.15) is 5.75 Å². The van der Waals surface area contributed by atoms with E-state index in [-0.39, 0.29) is 18.4 Å². The average molecular weight is 277 g/mol. The Balaban J connectivity index is 2.13. The minimum Gasteiger partial charge on any atom is -0.482 e. The molecule has 1 aromatic rings. The molecule has 2 amide bonds. The number of nitrogens with one attached hydrogen (secondary N) is 2. The minimum absolute atomic E-state index is 0.01000. The number of hydrogen-bond donors (Lipinski definition) is 3. The first-order valence-corrected chi connectivity index (χ1v) is 6.59. The Morgan fingerprint density at radius 2 is 2.30 bits per heavy atom. The van der Waals surface area contributed by atoms with Crippen molar-refractivity contribution in [1.82, 2.24) is 0 Å². The Kier molecular flexibility index (Phi) is 3.94. The fraction of sp³-hybridized carbons (Fsp3) is 0.429. The number of fused-ring (bicyclic) bond motifs is 1. The molecule has 6 heteroatoms. The molecule has 20 heavy (non-hydrogen) atoms. The molecule has 4 N–H and O–H groups in total. The van der Waals surface area contributed by atoms with Crippen LogP contribution in [0.5, 0.6) is 5.75 Å². The van der Waals surface area contributed by atoms with Crippen LogP contribution in [0.4, 0.5) is 11.4 Å². The van der Waals surface area contributed by atoms with E-state index in [1.54, 1.807) is 25.1 Å². The van der Waals surface area contributed by atoms with Gasteiger partial charge in [0.25, 0.3) is 5.91 Å². The number of carbonyl (C=O) groups excluding carboxylic acids is 2. The van der Waals surface area contributed by atoms with Crippen molar-refractivity contribution in [2.24, 2.45) is 5.73 Å². The molecule has 0 saturated heterocycles. The molecule has 1 atom stereocenters. The standard InChI is InChI=1S/C14H19N3O3/c1-3-6-14(2,15)13(19)16-9-4-5-11-10(7-9)17-12(18)8-20-11/h4-5,7H,3,6,8,15H2,1-2H3,(H,16,19)(H,17,18). The molecule has 1 aromatic carbocycles. The van der Waals surface area contributed by atoms with Crippen molar-refractivity contribution in [3.8, 4) is 5.75 Å². The van der Waals surface area contributed by atoms with Crippen molar-refractivity contribution < 1.29 is 14.3 Å².